The summed E-state index contributed by atoms with van der Waals surface area (Å²) in [5.74, 6) is 0.727. The Morgan fingerprint density at radius 1 is 1.00 bits per heavy atom. The number of benzene rings is 2. The first kappa shape index (κ1) is 14.9. The summed E-state index contributed by atoms with van der Waals surface area (Å²) in [7, 11) is 0. The highest BCUT2D eigenvalue weighted by Crippen LogP contribution is 2.16. The molecule has 0 bridgehead atoms. The van der Waals surface area contributed by atoms with Crippen molar-refractivity contribution in [3.05, 3.63) is 54.1 Å². The van der Waals surface area contributed by atoms with Crippen LogP contribution in [-0.2, 0) is 0 Å². The third-order valence-corrected chi connectivity index (χ3v) is 2.81. The zero-order chi connectivity index (χ0) is 15.1. The molecule has 0 fully saturated rings. The van der Waals surface area contributed by atoms with Gasteiger partial charge in [0.1, 0.15) is 12.4 Å². The second-order valence-electron chi connectivity index (χ2n) is 4.61. The van der Waals surface area contributed by atoms with E-state index in [2.05, 4.69) is 10.6 Å². The fraction of sp³-hybridized carbons (Fsp3) is 0.188. The van der Waals surface area contributed by atoms with Gasteiger partial charge in [-0.2, -0.15) is 0 Å². The molecular weight excluding hydrogens is 266 g/mol. The summed E-state index contributed by atoms with van der Waals surface area (Å²) in [6.45, 7) is 2.94. The number of amides is 2. The van der Waals surface area contributed by atoms with Crippen LogP contribution in [0.15, 0.2) is 48.5 Å². The number of nitrogens with two attached hydrogens (primary N) is 1. The lowest BCUT2D eigenvalue weighted by molar-refractivity contribution is 0.262. The van der Waals surface area contributed by atoms with Crippen LogP contribution in [0, 0.1) is 6.92 Å². The van der Waals surface area contributed by atoms with Crippen molar-refractivity contribution in [1.82, 2.24) is 0 Å². The molecule has 2 rings (SSSR count). The molecule has 2 aromatic rings. The van der Waals surface area contributed by atoms with Gasteiger partial charge in [0.05, 0.1) is 0 Å². The largest absolute Gasteiger partial charge is 0.492 e. The number of nitrogens with one attached hydrogen (secondary N) is 2. The predicted octanol–water partition coefficient (Wildman–Crippen LogP) is 2.98. The number of ether oxygens (including phenoxy) is 1. The van der Waals surface area contributed by atoms with Crippen LogP contribution in [0.25, 0.3) is 0 Å². The fourth-order valence-corrected chi connectivity index (χ4v) is 1.74. The standard InChI is InChI=1S/C16H19N3O2/c1-12-2-4-13(5-3-12)18-16(20)19-14-6-8-15(9-7-14)21-11-10-17/h2-9H,10-11,17H2,1H3,(H2,18,19,20). The molecule has 0 atom stereocenters. The van der Waals surface area contributed by atoms with Gasteiger partial charge in [0, 0.05) is 17.9 Å². The highest BCUT2D eigenvalue weighted by molar-refractivity contribution is 5.99. The van der Waals surface area contributed by atoms with Gasteiger partial charge in [-0.3, -0.25) is 0 Å². The van der Waals surface area contributed by atoms with E-state index in [-0.39, 0.29) is 6.03 Å². The number of carbonyl (C=O) groups excluding carboxylic acids is 1. The Morgan fingerprint density at radius 3 is 2.05 bits per heavy atom. The Kier molecular flexibility index (Phi) is 5.17. The van der Waals surface area contributed by atoms with Gasteiger partial charge in [-0.25, -0.2) is 4.79 Å². The smallest absolute Gasteiger partial charge is 0.323 e. The van der Waals surface area contributed by atoms with Crippen molar-refractivity contribution < 1.29 is 9.53 Å². The topological polar surface area (TPSA) is 76.4 Å². The van der Waals surface area contributed by atoms with Crippen LogP contribution in [0.5, 0.6) is 5.75 Å². The summed E-state index contributed by atoms with van der Waals surface area (Å²) in [6.07, 6.45) is 0. The normalized spacial score (nSPS) is 10.0. The van der Waals surface area contributed by atoms with Gasteiger partial charge in [-0.15, -0.1) is 0 Å². The molecule has 21 heavy (non-hydrogen) atoms. The number of anilines is 2. The molecule has 0 saturated carbocycles. The van der Waals surface area contributed by atoms with Crippen LogP contribution >= 0.6 is 0 Å². The van der Waals surface area contributed by atoms with Crippen LogP contribution in [0.3, 0.4) is 0 Å². The first-order valence-electron chi connectivity index (χ1n) is 6.75. The van der Waals surface area contributed by atoms with E-state index in [9.17, 15) is 4.79 Å². The van der Waals surface area contributed by atoms with Crippen molar-refractivity contribution in [2.75, 3.05) is 23.8 Å². The Morgan fingerprint density at radius 2 is 1.52 bits per heavy atom. The van der Waals surface area contributed by atoms with Crippen LogP contribution in [0.2, 0.25) is 0 Å². The minimum Gasteiger partial charge on any atom is -0.492 e. The van der Waals surface area contributed by atoms with Crippen LogP contribution < -0.4 is 21.1 Å². The van der Waals surface area contributed by atoms with Crippen molar-refractivity contribution in [2.45, 2.75) is 6.92 Å². The van der Waals surface area contributed by atoms with Crippen LogP contribution in [-0.4, -0.2) is 19.2 Å². The Balaban J connectivity index is 1.88. The van der Waals surface area contributed by atoms with Gasteiger partial charge in [0.15, 0.2) is 0 Å². The van der Waals surface area contributed by atoms with E-state index in [1.54, 1.807) is 24.3 Å². The van der Waals surface area contributed by atoms with Gasteiger partial charge < -0.3 is 21.1 Å². The number of rotatable bonds is 5. The van der Waals surface area contributed by atoms with E-state index in [0.717, 1.165) is 17.0 Å². The van der Waals surface area contributed by atoms with Crippen LogP contribution in [0.4, 0.5) is 16.2 Å². The Hall–Kier alpha value is -2.53. The number of hydrogen-bond acceptors (Lipinski definition) is 3. The van der Waals surface area contributed by atoms with Gasteiger partial charge in [-0.1, -0.05) is 17.7 Å². The monoisotopic (exact) mass is 285 g/mol. The molecule has 4 N–H and O–H groups in total. The summed E-state index contributed by atoms with van der Waals surface area (Å²) in [6, 6.07) is 14.5. The lowest BCUT2D eigenvalue weighted by Crippen LogP contribution is -2.19. The zero-order valence-electron chi connectivity index (χ0n) is 11.9. The molecule has 5 nitrogen and oxygen atoms in total. The number of aryl methyl sites for hydroxylation is 1. The zero-order valence-corrected chi connectivity index (χ0v) is 11.9. The van der Waals surface area contributed by atoms with Crippen molar-refractivity contribution >= 4 is 17.4 Å². The van der Waals surface area contributed by atoms with E-state index in [0.29, 0.717) is 18.8 Å². The third-order valence-electron chi connectivity index (χ3n) is 2.81. The lowest BCUT2D eigenvalue weighted by atomic mass is 10.2. The van der Waals surface area contributed by atoms with Crippen LogP contribution in [0.1, 0.15) is 5.56 Å². The summed E-state index contributed by atoms with van der Waals surface area (Å²) < 4.78 is 5.37. The molecule has 0 aliphatic rings. The Labute approximate surface area is 124 Å². The second kappa shape index (κ2) is 7.31. The molecule has 0 spiro atoms. The molecule has 0 saturated heterocycles. The first-order chi connectivity index (χ1) is 10.2. The quantitative estimate of drug-likeness (QED) is 0.790. The first-order valence-corrected chi connectivity index (χ1v) is 6.75. The second-order valence-corrected chi connectivity index (χ2v) is 4.61. The van der Waals surface area contributed by atoms with E-state index in [4.69, 9.17) is 10.5 Å². The SMILES string of the molecule is Cc1ccc(NC(=O)Nc2ccc(OCCN)cc2)cc1. The molecule has 0 heterocycles. The third kappa shape index (κ3) is 4.81. The molecule has 0 aliphatic carbocycles. The summed E-state index contributed by atoms with van der Waals surface area (Å²) in [4.78, 5) is 11.9. The van der Waals surface area contributed by atoms with E-state index in [1.165, 1.54) is 0 Å². The highest BCUT2D eigenvalue weighted by Gasteiger charge is 2.02. The molecule has 0 aromatic heterocycles. The summed E-state index contributed by atoms with van der Waals surface area (Å²) in [5.41, 5.74) is 7.96. The number of carbonyl (C=O) groups is 1. The van der Waals surface area contributed by atoms with Crippen molar-refractivity contribution in [3.8, 4) is 5.75 Å². The van der Waals surface area contributed by atoms with Crippen molar-refractivity contribution in [2.24, 2.45) is 5.73 Å². The maximum atomic E-state index is 11.9. The molecule has 2 aromatic carbocycles. The fourth-order valence-electron chi connectivity index (χ4n) is 1.74. The predicted molar refractivity (Wildman–Crippen MR) is 84.8 cm³/mol. The average molecular weight is 285 g/mol. The Bertz CT molecular complexity index is 579. The molecule has 0 radical (unpaired) electrons. The average Bonchev–Trinajstić information content (AvgIpc) is 2.49. The van der Waals surface area contributed by atoms with E-state index < -0.39 is 0 Å². The number of urea groups is 1. The van der Waals surface area contributed by atoms with Gasteiger partial charge in [0.2, 0.25) is 0 Å². The molecule has 110 valence electrons. The van der Waals surface area contributed by atoms with E-state index >= 15 is 0 Å². The minimum absolute atomic E-state index is 0.283. The van der Waals surface area contributed by atoms with Gasteiger partial charge >= 0.3 is 6.03 Å². The minimum atomic E-state index is -0.283. The maximum absolute atomic E-state index is 11.9. The molecule has 0 aliphatic heterocycles. The maximum Gasteiger partial charge on any atom is 0.323 e. The lowest BCUT2D eigenvalue weighted by Gasteiger charge is -2.09. The molecule has 0 unspecified atom stereocenters. The summed E-state index contributed by atoms with van der Waals surface area (Å²) in [5, 5.41) is 5.53. The summed E-state index contributed by atoms with van der Waals surface area (Å²) >= 11 is 0. The van der Waals surface area contributed by atoms with Crippen molar-refractivity contribution in [1.29, 1.82) is 0 Å². The molecule has 5 heteroatoms. The highest BCUT2D eigenvalue weighted by atomic mass is 16.5. The number of hydrogen-bond donors (Lipinski definition) is 3. The van der Waals surface area contributed by atoms with Gasteiger partial charge in [-0.05, 0) is 43.3 Å². The molecule has 2 amide bonds. The van der Waals surface area contributed by atoms with Crippen molar-refractivity contribution in [3.63, 3.8) is 0 Å². The van der Waals surface area contributed by atoms with Gasteiger partial charge in [0.25, 0.3) is 0 Å². The molecular formula is C16H19N3O2. The van der Waals surface area contributed by atoms with E-state index in [1.807, 2.05) is 31.2 Å².